The van der Waals surface area contributed by atoms with Crippen LogP contribution >= 0.6 is 0 Å². The number of carboxylic acid groups (broad SMARTS) is 1. The fourth-order valence-electron chi connectivity index (χ4n) is 1.40. The highest BCUT2D eigenvalue weighted by molar-refractivity contribution is 6.01. The lowest BCUT2D eigenvalue weighted by Gasteiger charge is -1.99. The van der Waals surface area contributed by atoms with Crippen LogP contribution < -0.4 is 5.76 Å². The van der Waals surface area contributed by atoms with E-state index in [0.29, 0.717) is 5.56 Å². The minimum absolute atomic E-state index is 0.0772. The van der Waals surface area contributed by atoms with E-state index in [4.69, 9.17) is 9.52 Å². The second kappa shape index (κ2) is 2.73. The van der Waals surface area contributed by atoms with Crippen molar-refractivity contribution in [1.29, 1.82) is 0 Å². The molecule has 14 heavy (non-hydrogen) atoms. The zero-order valence-electron chi connectivity index (χ0n) is 7.33. The topological polar surface area (TPSA) is 83.3 Å². The second-order valence-electron chi connectivity index (χ2n) is 2.95. The Kier molecular flexibility index (Phi) is 1.67. The van der Waals surface area contributed by atoms with Crippen LogP contribution in [0, 0.1) is 6.92 Å². The number of hydrogen-bond acceptors (Lipinski definition) is 3. The van der Waals surface area contributed by atoms with Gasteiger partial charge in [-0.15, -0.1) is 0 Å². The molecule has 0 fully saturated rings. The van der Waals surface area contributed by atoms with Crippen LogP contribution in [-0.4, -0.2) is 16.1 Å². The smallest absolute Gasteiger partial charge is 0.417 e. The fourth-order valence-corrected chi connectivity index (χ4v) is 1.40. The molecule has 0 spiro atoms. The Morgan fingerprint density at radius 2 is 2.21 bits per heavy atom. The number of rotatable bonds is 1. The van der Waals surface area contributed by atoms with Crippen LogP contribution in [0.5, 0.6) is 0 Å². The minimum atomic E-state index is -1.08. The Morgan fingerprint density at radius 3 is 2.86 bits per heavy atom. The third kappa shape index (κ3) is 1.10. The van der Waals surface area contributed by atoms with Gasteiger partial charge in [-0.3, -0.25) is 4.98 Å². The summed E-state index contributed by atoms with van der Waals surface area (Å²) in [5.41, 5.74) is 1.16. The number of oxazole rings is 1. The van der Waals surface area contributed by atoms with Gasteiger partial charge in [0.2, 0.25) is 0 Å². The molecule has 2 N–H and O–H groups in total. The van der Waals surface area contributed by atoms with Gasteiger partial charge < -0.3 is 9.52 Å². The van der Waals surface area contributed by atoms with Gasteiger partial charge in [0.25, 0.3) is 0 Å². The highest BCUT2D eigenvalue weighted by Crippen LogP contribution is 2.18. The van der Waals surface area contributed by atoms with Crippen molar-refractivity contribution in [2.45, 2.75) is 6.92 Å². The third-order valence-electron chi connectivity index (χ3n) is 2.02. The van der Waals surface area contributed by atoms with E-state index >= 15 is 0 Å². The van der Waals surface area contributed by atoms with Crippen molar-refractivity contribution >= 4 is 17.1 Å². The van der Waals surface area contributed by atoms with Gasteiger partial charge in [0.15, 0.2) is 5.58 Å². The number of aromatic nitrogens is 1. The lowest BCUT2D eigenvalue weighted by atomic mass is 10.1. The van der Waals surface area contributed by atoms with Crippen LogP contribution in [0.25, 0.3) is 11.1 Å². The molecule has 0 aliphatic rings. The summed E-state index contributed by atoms with van der Waals surface area (Å²) in [5, 5.41) is 8.91. The number of benzene rings is 1. The predicted octanol–water partition coefficient (Wildman–Crippen LogP) is 1.13. The normalized spacial score (nSPS) is 10.6. The Balaban J connectivity index is 2.95. The molecular formula is C9H7NO4. The van der Waals surface area contributed by atoms with Crippen molar-refractivity contribution in [2.75, 3.05) is 0 Å². The highest BCUT2D eigenvalue weighted by atomic mass is 16.4. The maximum absolute atomic E-state index is 10.9. The molecule has 0 aliphatic carbocycles. The molecule has 1 heterocycles. The monoisotopic (exact) mass is 193 g/mol. The van der Waals surface area contributed by atoms with E-state index in [9.17, 15) is 9.59 Å². The van der Waals surface area contributed by atoms with Crippen molar-refractivity contribution in [3.05, 3.63) is 33.8 Å². The first-order valence-corrected chi connectivity index (χ1v) is 3.95. The van der Waals surface area contributed by atoms with Crippen molar-refractivity contribution in [3.63, 3.8) is 0 Å². The van der Waals surface area contributed by atoms with Gasteiger partial charge in [0, 0.05) is 0 Å². The van der Waals surface area contributed by atoms with Crippen LogP contribution in [-0.2, 0) is 0 Å². The number of aryl methyl sites for hydroxylation is 1. The number of aromatic carboxylic acids is 1. The molecule has 0 saturated heterocycles. The highest BCUT2D eigenvalue weighted by Gasteiger charge is 2.14. The lowest BCUT2D eigenvalue weighted by Crippen LogP contribution is -2.02. The van der Waals surface area contributed by atoms with E-state index in [1.807, 2.05) is 0 Å². The molecular weight excluding hydrogens is 186 g/mol. The van der Waals surface area contributed by atoms with Crippen molar-refractivity contribution < 1.29 is 14.3 Å². The Hall–Kier alpha value is -2.04. The molecule has 0 bridgehead atoms. The van der Waals surface area contributed by atoms with Crippen LogP contribution in [0.15, 0.2) is 21.3 Å². The fraction of sp³-hybridized carbons (Fsp3) is 0.111. The molecule has 0 atom stereocenters. The zero-order valence-corrected chi connectivity index (χ0v) is 7.33. The summed E-state index contributed by atoms with van der Waals surface area (Å²) < 4.78 is 4.74. The van der Waals surface area contributed by atoms with E-state index in [-0.39, 0.29) is 16.7 Å². The molecule has 2 aromatic rings. The molecule has 0 unspecified atom stereocenters. The number of carbonyl (C=O) groups is 1. The lowest BCUT2D eigenvalue weighted by molar-refractivity contribution is 0.0698. The van der Waals surface area contributed by atoms with E-state index in [2.05, 4.69) is 4.98 Å². The van der Waals surface area contributed by atoms with Crippen molar-refractivity contribution in [2.24, 2.45) is 0 Å². The Bertz CT molecular complexity index is 564. The van der Waals surface area contributed by atoms with Crippen molar-refractivity contribution in [3.8, 4) is 0 Å². The number of fused-ring (bicyclic) bond motifs is 1. The van der Waals surface area contributed by atoms with Gasteiger partial charge >= 0.3 is 11.7 Å². The molecule has 5 nitrogen and oxygen atoms in total. The van der Waals surface area contributed by atoms with E-state index in [1.54, 1.807) is 19.1 Å². The van der Waals surface area contributed by atoms with Crippen LogP contribution in [0.1, 0.15) is 15.9 Å². The molecule has 0 aliphatic heterocycles. The predicted molar refractivity (Wildman–Crippen MR) is 48.5 cm³/mol. The molecule has 72 valence electrons. The quantitative estimate of drug-likeness (QED) is 0.711. The molecule has 0 radical (unpaired) electrons. The van der Waals surface area contributed by atoms with E-state index < -0.39 is 11.7 Å². The molecule has 5 heteroatoms. The molecule has 0 amide bonds. The number of aromatic amines is 1. The average Bonchev–Trinajstić information content (AvgIpc) is 2.43. The average molecular weight is 193 g/mol. The summed E-state index contributed by atoms with van der Waals surface area (Å²) in [6.07, 6.45) is 0. The van der Waals surface area contributed by atoms with Crippen LogP contribution in [0.2, 0.25) is 0 Å². The summed E-state index contributed by atoms with van der Waals surface area (Å²) in [5.74, 6) is -1.72. The minimum Gasteiger partial charge on any atom is -0.478 e. The van der Waals surface area contributed by atoms with E-state index in [1.165, 1.54) is 0 Å². The van der Waals surface area contributed by atoms with Gasteiger partial charge in [0.05, 0.1) is 5.56 Å². The summed E-state index contributed by atoms with van der Waals surface area (Å²) >= 11 is 0. The van der Waals surface area contributed by atoms with Gasteiger partial charge in [-0.05, 0) is 18.6 Å². The first-order chi connectivity index (χ1) is 6.59. The maximum atomic E-state index is 10.9. The summed E-state index contributed by atoms with van der Waals surface area (Å²) in [4.78, 5) is 24.1. The number of H-pyrrole nitrogens is 1. The molecule has 1 aromatic carbocycles. The SMILES string of the molecule is Cc1ccc2oc(=O)[nH]c2c1C(=O)O. The number of nitrogens with one attached hydrogen (secondary N) is 1. The summed E-state index contributed by atoms with van der Waals surface area (Å²) in [6, 6.07) is 3.16. The first kappa shape index (κ1) is 8.55. The maximum Gasteiger partial charge on any atom is 0.417 e. The Labute approximate surface area is 78.0 Å². The number of hydrogen-bond donors (Lipinski definition) is 2. The molecule has 1 aromatic heterocycles. The molecule has 0 saturated carbocycles. The second-order valence-corrected chi connectivity index (χ2v) is 2.95. The zero-order chi connectivity index (χ0) is 10.3. The molecule has 2 rings (SSSR count). The van der Waals surface area contributed by atoms with Crippen LogP contribution in [0.3, 0.4) is 0 Å². The first-order valence-electron chi connectivity index (χ1n) is 3.95. The van der Waals surface area contributed by atoms with Crippen LogP contribution in [0.4, 0.5) is 0 Å². The number of carboxylic acids is 1. The third-order valence-corrected chi connectivity index (χ3v) is 2.02. The van der Waals surface area contributed by atoms with E-state index in [0.717, 1.165) is 0 Å². The standard InChI is InChI=1S/C9H7NO4/c1-4-2-3-5-7(6(4)8(11)12)10-9(13)14-5/h2-3H,1H3,(H,10,13)(H,11,12). The summed E-state index contributed by atoms with van der Waals surface area (Å²) in [7, 11) is 0. The van der Waals surface area contributed by atoms with Gasteiger partial charge in [-0.2, -0.15) is 0 Å². The summed E-state index contributed by atoms with van der Waals surface area (Å²) in [6.45, 7) is 1.66. The van der Waals surface area contributed by atoms with Gasteiger partial charge in [0.1, 0.15) is 5.52 Å². The van der Waals surface area contributed by atoms with Crippen molar-refractivity contribution in [1.82, 2.24) is 4.98 Å². The van der Waals surface area contributed by atoms with Gasteiger partial charge in [-0.25, -0.2) is 9.59 Å². The largest absolute Gasteiger partial charge is 0.478 e. The van der Waals surface area contributed by atoms with Gasteiger partial charge in [-0.1, -0.05) is 6.07 Å². The Morgan fingerprint density at radius 1 is 1.50 bits per heavy atom.